The Morgan fingerprint density at radius 2 is 1.73 bits per heavy atom. The number of aliphatic hydroxyl groups is 1. The van der Waals surface area contributed by atoms with Crippen molar-refractivity contribution in [1.82, 2.24) is 4.90 Å². The molecule has 0 saturated heterocycles. The first kappa shape index (κ1) is 22.1. The number of carbonyl (C=O) groups is 2. The number of esters is 1. The van der Waals surface area contributed by atoms with E-state index in [4.69, 9.17) is 14.6 Å². The van der Waals surface area contributed by atoms with Crippen LogP contribution in [0.15, 0.2) is 24.3 Å². The molecule has 0 bridgehead atoms. The van der Waals surface area contributed by atoms with Crippen molar-refractivity contribution < 1.29 is 24.2 Å². The molecule has 0 aliphatic rings. The van der Waals surface area contributed by atoms with E-state index in [0.717, 1.165) is 5.56 Å². The molecule has 0 aromatic heterocycles. The number of rotatable bonds is 10. The predicted molar refractivity (Wildman–Crippen MR) is 100 cm³/mol. The minimum absolute atomic E-state index is 0.0172. The zero-order valence-electron chi connectivity index (χ0n) is 16.3. The fourth-order valence-corrected chi connectivity index (χ4v) is 2.41. The number of hydrogen-bond donors (Lipinski definition) is 1. The minimum atomic E-state index is -0.329. The zero-order chi connectivity index (χ0) is 19.6. The summed E-state index contributed by atoms with van der Waals surface area (Å²) in [6, 6.07) is 7.54. The molecule has 0 fully saturated rings. The second-order valence-electron chi connectivity index (χ2n) is 7.01. The van der Waals surface area contributed by atoms with Gasteiger partial charge in [-0.3, -0.25) is 9.59 Å². The van der Waals surface area contributed by atoms with Gasteiger partial charge in [0.2, 0.25) is 0 Å². The number of nitrogens with zero attached hydrogens (tertiary/aromatic N) is 1. The van der Waals surface area contributed by atoms with Gasteiger partial charge in [-0.05, 0) is 30.0 Å². The summed E-state index contributed by atoms with van der Waals surface area (Å²) in [6.45, 7) is 9.50. The van der Waals surface area contributed by atoms with Crippen molar-refractivity contribution in [2.45, 2.75) is 39.5 Å². The van der Waals surface area contributed by atoms with Gasteiger partial charge in [-0.25, -0.2) is 0 Å². The highest BCUT2D eigenvalue weighted by molar-refractivity contribution is 5.94. The summed E-state index contributed by atoms with van der Waals surface area (Å²) in [4.78, 5) is 26.0. The van der Waals surface area contributed by atoms with Gasteiger partial charge in [0.05, 0.1) is 32.8 Å². The van der Waals surface area contributed by atoms with Crippen molar-refractivity contribution in [1.29, 1.82) is 0 Å². The number of hydrogen-bond acceptors (Lipinski definition) is 5. The van der Waals surface area contributed by atoms with Gasteiger partial charge in [-0.1, -0.05) is 32.9 Å². The first-order valence-electron chi connectivity index (χ1n) is 9.03. The Kier molecular flexibility index (Phi) is 9.30. The summed E-state index contributed by atoms with van der Waals surface area (Å²) in [7, 11) is 0. The topological polar surface area (TPSA) is 76.1 Å². The largest absolute Gasteiger partial charge is 0.466 e. The summed E-state index contributed by atoms with van der Waals surface area (Å²) >= 11 is 0. The molecule has 0 atom stereocenters. The molecule has 0 spiro atoms. The van der Waals surface area contributed by atoms with Gasteiger partial charge in [0.25, 0.3) is 5.91 Å². The maximum absolute atomic E-state index is 12.8. The average Bonchev–Trinajstić information content (AvgIpc) is 2.60. The molecule has 146 valence electrons. The summed E-state index contributed by atoms with van der Waals surface area (Å²) in [5.41, 5.74) is 1.74. The average molecular weight is 365 g/mol. The number of aliphatic hydroxyl groups excluding tert-OH is 1. The van der Waals surface area contributed by atoms with E-state index in [1.54, 1.807) is 11.8 Å². The Morgan fingerprint density at radius 3 is 2.27 bits per heavy atom. The van der Waals surface area contributed by atoms with Crippen molar-refractivity contribution in [2.24, 2.45) is 0 Å². The van der Waals surface area contributed by atoms with E-state index >= 15 is 0 Å². The lowest BCUT2D eigenvalue weighted by atomic mass is 9.86. The van der Waals surface area contributed by atoms with Crippen LogP contribution in [0, 0.1) is 0 Å². The highest BCUT2D eigenvalue weighted by Crippen LogP contribution is 2.22. The van der Waals surface area contributed by atoms with E-state index in [2.05, 4.69) is 20.8 Å². The number of benzene rings is 1. The van der Waals surface area contributed by atoms with Crippen LogP contribution in [0.3, 0.4) is 0 Å². The van der Waals surface area contributed by atoms with Gasteiger partial charge in [-0.2, -0.15) is 0 Å². The Morgan fingerprint density at radius 1 is 1.08 bits per heavy atom. The minimum Gasteiger partial charge on any atom is -0.466 e. The van der Waals surface area contributed by atoms with E-state index in [1.807, 2.05) is 24.3 Å². The van der Waals surface area contributed by atoms with Crippen LogP contribution in [0.5, 0.6) is 0 Å². The van der Waals surface area contributed by atoms with Gasteiger partial charge < -0.3 is 19.5 Å². The van der Waals surface area contributed by atoms with Crippen LogP contribution >= 0.6 is 0 Å². The third-order valence-corrected chi connectivity index (χ3v) is 3.92. The number of carbonyl (C=O) groups excluding carboxylic acids is 2. The predicted octanol–water partition coefficient (Wildman–Crippen LogP) is 2.39. The molecule has 1 rings (SSSR count). The summed E-state index contributed by atoms with van der Waals surface area (Å²) in [5, 5.41) is 8.78. The molecular weight excluding hydrogens is 334 g/mol. The maximum Gasteiger partial charge on any atom is 0.307 e. The van der Waals surface area contributed by atoms with Crippen molar-refractivity contribution in [2.75, 3.05) is 39.5 Å². The standard InChI is InChI=1S/C20H31NO5/c1-5-26-18(23)10-11-21(12-14-25-15-13-22)19(24)16-6-8-17(9-7-16)20(2,3)4/h6-9,22H,5,10-15H2,1-4H3. The molecule has 0 saturated carbocycles. The zero-order valence-corrected chi connectivity index (χ0v) is 16.3. The van der Waals surface area contributed by atoms with E-state index in [0.29, 0.717) is 25.3 Å². The third kappa shape index (κ3) is 7.54. The second kappa shape index (κ2) is 10.9. The molecule has 6 nitrogen and oxygen atoms in total. The Bertz CT molecular complexity index is 563. The molecule has 1 N–H and O–H groups in total. The fourth-order valence-electron chi connectivity index (χ4n) is 2.41. The molecule has 0 aliphatic carbocycles. The summed E-state index contributed by atoms with van der Waals surface area (Å²) < 4.78 is 10.2. The van der Waals surface area contributed by atoms with Crippen LogP contribution in [-0.2, 0) is 19.7 Å². The lowest BCUT2D eigenvalue weighted by Crippen LogP contribution is -2.36. The molecule has 1 aromatic rings. The second-order valence-corrected chi connectivity index (χ2v) is 7.01. The lowest BCUT2D eigenvalue weighted by Gasteiger charge is -2.23. The monoisotopic (exact) mass is 365 g/mol. The highest BCUT2D eigenvalue weighted by atomic mass is 16.5. The summed E-state index contributed by atoms with van der Waals surface area (Å²) in [5.74, 6) is -0.480. The Labute approximate surface area is 156 Å². The van der Waals surface area contributed by atoms with Gasteiger partial charge in [-0.15, -0.1) is 0 Å². The summed E-state index contributed by atoms with van der Waals surface area (Å²) in [6.07, 6.45) is 0.139. The molecule has 0 radical (unpaired) electrons. The molecule has 26 heavy (non-hydrogen) atoms. The lowest BCUT2D eigenvalue weighted by molar-refractivity contribution is -0.143. The highest BCUT2D eigenvalue weighted by Gasteiger charge is 2.19. The quantitative estimate of drug-likeness (QED) is 0.509. The van der Waals surface area contributed by atoms with E-state index < -0.39 is 0 Å². The molecular formula is C20H31NO5. The van der Waals surface area contributed by atoms with E-state index in [-0.39, 0.29) is 43.5 Å². The maximum atomic E-state index is 12.8. The molecule has 6 heteroatoms. The van der Waals surface area contributed by atoms with Crippen LogP contribution in [0.4, 0.5) is 0 Å². The molecule has 0 unspecified atom stereocenters. The first-order chi connectivity index (χ1) is 12.3. The van der Waals surface area contributed by atoms with Crippen molar-refractivity contribution in [3.05, 3.63) is 35.4 Å². The Balaban J connectivity index is 2.79. The van der Waals surface area contributed by atoms with Crippen molar-refractivity contribution >= 4 is 11.9 Å². The van der Waals surface area contributed by atoms with Gasteiger partial charge >= 0.3 is 5.97 Å². The van der Waals surface area contributed by atoms with Gasteiger partial charge in [0.15, 0.2) is 0 Å². The van der Waals surface area contributed by atoms with Crippen LogP contribution < -0.4 is 0 Å². The van der Waals surface area contributed by atoms with Crippen molar-refractivity contribution in [3.63, 3.8) is 0 Å². The smallest absolute Gasteiger partial charge is 0.307 e. The normalized spacial score (nSPS) is 11.3. The third-order valence-electron chi connectivity index (χ3n) is 3.92. The van der Waals surface area contributed by atoms with Crippen LogP contribution in [0.25, 0.3) is 0 Å². The molecule has 0 aliphatic heterocycles. The Hall–Kier alpha value is -1.92. The van der Waals surface area contributed by atoms with Gasteiger partial charge in [0.1, 0.15) is 0 Å². The number of amides is 1. The SMILES string of the molecule is CCOC(=O)CCN(CCOCCO)C(=O)c1ccc(C(C)(C)C)cc1. The van der Waals surface area contributed by atoms with E-state index in [9.17, 15) is 9.59 Å². The van der Waals surface area contributed by atoms with Crippen LogP contribution in [-0.4, -0.2) is 61.4 Å². The first-order valence-corrected chi connectivity index (χ1v) is 9.03. The molecule has 0 heterocycles. The van der Waals surface area contributed by atoms with Crippen LogP contribution in [0.1, 0.15) is 50.0 Å². The van der Waals surface area contributed by atoms with E-state index in [1.165, 1.54) is 0 Å². The molecule has 1 aromatic carbocycles. The van der Waals surface area contributed by atoms with Crippen molar-refractivity contribution in [3.8, 4) is 0 Å². The number of ether oxygens (including phenoxy) is 2. The van der Waals surface area contributed by atoms with Gasteiger partial charge in [0, 0.05) is 18.7 Å². The molecule has 1 amide bonds. The fraction of sp³-hybridized carbons (Fsp3) is 0.600. The van der Waals surface area contributed by atoms with Crippen LogP contribution in [0.2, 0.25) is 0 Å².